The lowest BCUT2D eigenvalue weighted by Crippen LogP contribution is -2.42. The van der Waals surface area contributed by atoms with Crippen molar-refractivity contribution in [3.8, 4) is 0 Å². The first-order valence-electron chi connectivity index (χ1n) is 14.2. The summed E-state index contributed by atoms with van der Waals surface area (Å²) in [6, 6.07) is -0.113. The zero-order valence-corrected chi connectivity index (χ0v) is 23.6. The monoisotopic (exact) mass is 525 g/mol. The van der Waals surface area contributed by atoms with Crippen molar-refractivity contribution in [2.75, 3.05) is 19.7 Å². The molecule has 2 fully saturated rings. The Bertz CT molecular complexity index is 740. The van der Waals surface area contributed by atoms with Gasteiger partial charge in [0.2, 0.25) is 17.7 Å². The Morgan fingerprint density at radius 1 is 0.946 bits per heavy atom. The molecule has 214 valence electrons. The first-order valence-corrected chi connectivity index (χ1v) is 14.2. The minimum absolute atomic E-state index is 0.0106. The van der Waals surface area contributed by atoms with E-state index in [0.717, 1.165) is 38.5 Å². The molecule has 7 unspecified atom stereocenters. The molecule has 0 aromatic heterocycles. The maximum Gasteiger partial charge on any atom is 0.223 e. The maximum absolute atomic E-state index is 12.5. The minimum Gasteiger partial charge on any atom is -0.391 e. The number of carbonyl (C=O) groups excluding carboxylic acids is 3. The molecule has 0 bridgehead atoms. The quantitative estimate of drug-likeness (QED) is 0.222. The first kappa shape index (κ1) is 31.5. The first-order chi connectivity index (χ1) is 17.4. The number of aliphatic hydroxyl groups excluding tert-OH is 1. The maximum atomic E-state index is 12.5. The fraction of sp³-hybridized carbons (Fsp3) is 0.893. The second kappa shape index (κ2) is 15.0. The van der Waals surface area contributed by atoms with Gasteiger partial charge in [-0.1, -0.05) is 20.8 Å². The van der Waals surface area contributed by atoms with E-state index >= 15 is 0 Å². The lowest BCUT2D eigenvalue weighted by atomic mass is 9.92. The van der Waals surface area contributed by atoms with Crippen LogP contribution in [0.3, 0.4) is 0 Å². The summed E-state index contributed by atoms with van der Waals surface area (Å²) in [5, 5.41) is 28.5. The molecule has 0 aromatic carbocycles. The molecule has 7 atom stereocenters. The van der Waals surface area contributed by atoms with Gasteiger partial charge in [-0.25, -0.2) is 0 Å². The Labute approximate surface area is 222 Å². The normalized spacial score (nSPS) is 26.4. The highest BCUT2D eigenvalue weighted by molar-refractivity contribution is 5.79. The van der Waals surface area contributed by atoms with Crippen molar-refractivity contribution in [3.05, 3.63) is 0 Å². The summed E-state index contributed by atoms with van der Waals surface area (Å²) in [5.74, 6) is -0.209. The fourth-order valence-corrected chi connectivity index (χ4v) is 5.14. The van der Waals surface area contributed by atoms with Crippen LogP contribution in [0.2, 0.25) is 0 Å². The Balaban J connectivity index is 1.57. The molecule has 5 N–H and O–H groups in total. The van der Waals surface area contributed by atoms with Gasteiger partial charge < -0.3 is 30.9 Å². The lowest BCUT2D eigenvalue weighted by molar-refractivity contribution is -0.127. The van der Waals surface area contributed by atoms with Crippen LogP contribution in [0.1, 0.15) is 92.4 Å². The molecule has 9 heteroatoms. The fourth-order valence-electron chi connectivity index (χ4n) is 5.14. The molecular weight excluding hydrogens is 474 g/mol. The van der Waals surface area contributed by atoms with Crippen LogP contribution in [-0.2, 0) is 19.1 Å². The van der Waals surface area contributed by atoms with Crippen molar-refractivity contribution in [2.24, 2.45) is 23.7 Å². The molecule has 1 heterocycles. The topological polar surface area (TPSA) is 137 Å². The standard InChI is InChI=1S/C28H51N3O6/c1-18(9-10-19(2)26(34)30-14-12-28(4,5)36)25(33)29-13-11-22-16-21(17-37-22)15-20(3)27(35)31-23-7-6-8-24(23)32/h18-24,32,36H,6-17H2,1-5H3,(H,29,33)(H,30,34)(H,31,35). The van der Waals surface area contributed by atoms with Gasteiger partial charge in [0.05, 0.1) is 23.9 Å². The van der Waals surface area contributed by atoms with Gasteiger partial charge in [-0.2, -0.15) is 0 Å². The van der Waals surface area contributed by atoms with E-state index in [4.69, 9.17) is 4.74 Å². The molecule has 9 nitrogen and oxygen atoms in total. The highest BCUT2D eigenvalue weighted by Gasteiger charge is 2.31. The summed E-state index contributed by atoms with van der Waals surface area (Å²) in [5.41, 5.74) is -0.803. The predicted molar refractivity (Wildman–Crippen MR) is 143 cm³/mol. The van der Waals surface area contributed by atoms with Gasteiger partial charge in [-0.15, -0.1) is 0 Å². The van der Waals surface area contributed by atoms with E-state index in [2.05, 4.69) is 16.0 Å². The van der Waals surface area contributed by atoms with Crippen LogP contribution in [0.5, 0.6) is 0 Å². The summed E-state index contributed by atoms with van der Waals surface area (Å²) >= 11 is 0. The molecule has 0 spiro atoms. The Kier molecular flexibility index (Phi) is 12.8. The molecule has 0 radical (unpaired) electrons. The van der Waals surface area contributed by atoms with Crippen LogP contribution >= 0.6 is 0 Å². The molecule has 1 aliphatic heterocycles. The molecule has 37 heavy (non-hydrogen) atoms. The van der Waals surface area contributed by atoms with E-state index in [9.17, 15) is 24.6 Å². The predicted octanol–water partition coefficient (Wildman–Crippen LogP) is 2.28. The number of hydrogen-bond acceptors (Lipinski definition) is 6. The second-order valence-corrected chi connectivity index (χ2v) is 12.1. The van der Waals surface area contributed by atoms with E-state index in [1.165, 1.54) is 0 Å². The van der Waals surface area contributed by atoms with Crippen molar-refractivity contribution >= 4 is 17.7 Å². The number of ether oxygens (including phenoxy) is 1. The molecule has 1 saturated carbocycles. The van der Waals surface area contributed by atoms with E-state index in [-0.39, 0.29) is 47.6 Å². The third-order valence-corrected chi connectivity index (χ3v) is 7.83. The second-order valence-electron chi connectivity index (χ2n) is 12.1. The number of nitrogens with one attached hydrogen (secondary N) is 3. The summed E-state index contributed by atoms with van der Waals surface area (Å²) in [6.07, 6.45) is 6.35. The molecule has 3 amide bonds. The van der Waals surface area contributed by atoms with Crippen LogP contribution in [0, 0.1) is 23.7 Å². The smallest absolute Gasteiger partial charge is 0.223 e. The van der Waals surface area contributed by atoms with Crippen LogP contribution in [0.25, 0.3) is 0 Å². The van der Waals surface area contributed by atoms with Gasteiger partial charge in [0.15, 0.2) is 0 Å². The van der Waals surface area contributed by atoms with E-state index < -0.39 is 11.7 Å². The van der Waals surface area contributed by atoms with Gasteiger partial charge in [-0.05, 0) is 77.6 Å². The van der Waals surface area contributed by atoms with Gasteiger partial charge in [0, 0.05) is 37.5 Å². The third kappa shape index (κ3) is 11.7. The zero-order chi connectivity index (χ0) is 27.6. The van der Waals surface area contributed by atoms with Gasteiger partial charge in [0.25, 0.3) is 0 Å². The summed E-state index contributed by atoms with van der Waals surface area (Å²) in [7, 11) is 0. The van der Waals surface area contributed by atoms with E-state index in [0.29, 0.717) is 44.9 Å². The molecule has 2 aliphatic rings. The average Bonchev–Trinajstić information content (AvgIpc) is 3.44. The number of hydrogen-bond donors (Lipinski definition) is 5. The average molecular weight is 526 g/mol. The minimum atomic E-state index is -0.803. The van der Waals surface area contributed by atoms with Crippen LogP contribution < -0.4 is 16.0 Å². The zero-order valence-electron chi connectivity index (χ0n) is 23.6. The largest absolute Gasteiger partial charge is 0.391 e. The van der Waals surface area contributed by atoms with E-state index in [1.807, 2.05) is 20.8 Å². The molecule has 0 aromatic rings. The van der Waals surface area contributed by atoms with Crippen LogP contribution in [0.15, 0.2) is 0 Å². The lowest BCUT2D eigenvalue weighted by Gasteiger charge is -2.21. The Hall–Kier alpha value is -1.71. The van der Waals surface area contributed by atoms with Crippen molar-refractivity contribution in [2.45, 2.75) is 116 Å². The molecule has 1 aliphatic carbocycles. The third-order valence-electron chi connectivity index (χ3n) is 7.83. The molecule has 2 rings (SSSR count). The Morgan fingerprint density at radius 3 is 2.14 bits per heavy atom. The number of amides is 3. The summed E-state index contributed by atoms with van der Waals surface area (Å²) in [4.78, 5) is 37.2. The Morgan fingerprint density at radius 2 is 1.57 bits per heavy atom. The van der Waals surface area contributed by atoms with Crippen LogP contribution in [-0.4, -0.2) is 71.5 Å². The molecular formula is C28H51N3O6. The van der Waals surface area contributed by atoms with Gasteiger partial charge >= 0.3 is 0 Å². The number of aliphatic hydroxyl groups is 2. The van der Waals surface area contributed by atoms with Crippen molar-refractivity contribution in [3.63, 3.8) is 0 Å². The van der Waals surface area contributed by atoms with Crippen molar-refractivity contribution in [1.82, 2.24) is 16.0 Å². The number of carbonyl (C=O) groups is 3. The van der Waals surface area contributed by atoms with Crippen molar-refractivity contribution in [1.29, 1.82) is 0 Å². The van der Waals surface area contributed by atoms with Gasteiger partial charge in [-0.3, -0.25) is 14.4 Å². The van der Waals surface area contributed by atoms with E-state index in [1.54, 1.807) is 13.8 Å². The van der Waals surface area contributed by atoms with Gasteiger partial charge in [0.1, 0.15) is 0 Å². The highest BCUT2D eigenvalue weighted by atomic mass is 16.5. The number of rotatable bonds is 15. The SMILES string of the molecule is CC(CCC(C)C(=O)NCCC(C)(C)O)C(=O)NCCC1CC(CC(C)C(=O)NC2CCCC2O)CO1. The summed E-state index contributed by atoms with van der Waals surface area (Å²) in [6.45, 7) is 10.7. The van der Waals surface area contributed by atoms with Crippen molar-refractivity contribution < 1.29 is 29.3 Å². The summed E-state index contributed by atoms with van der Waals surface area (Å²) < 4.78 is 5.91. The van der Waals surface area contributed by atoms with Crippen LogP contribution in [0.4, 0.5) is 0 Å². The molecule has 1 saturated heterocycles. The highest BCUT2D eigenvalue weighted by Crippen LogP contribution is 2.28.